The van der Waals surface area contributed by atoms with Gasteiger partial charge in [-0.3, -0.25) is 0 Å². The highest BCUT2D eigenvalue weighted by molar-refractivity contribution is 5.48. The second-order valence-electron chi connectivity index (χ2n) is 5.39. The van der Waals surface area contributed by atoms with Crippen LogP contribution in [0.15, 0.2) is 54.6 Å². The van der Waals surface area contributed by atoms with Crippen LogP contribution in [0, 0.1) is 5.92 Å². The maximum atomic E-state index is 5.78. The van der Waals surface area contributed by atoms with E-state index in [-0.39, 0.29) is 0 Å². The molecule has 0 bridgehead atoms. The molecule has 2 aromatic carbocycles. The van der Waals surface area contributed by atoms with Gasteiger partial charge in [0.05, 0.1) is 12.6 Å². The van der Waals surface area contributed by atoms with Crippen molar-refractivity contribution in [2.45, 2.75) is 19.9 Å². The summed E-state index contributed by atoms with van der Waals surface area (Å²) in [5, 5.41) is 3.49. The van der Waals surface area contributed by atoms with Crippen LogP contribution >= 0.6 is 0 Å². The summed E-state index contributed by atoms with van der Waals surface area (Å²) in [6.45, 7) is 5.06. The van der Waals surface area contributed by atoms with Crippen LogP contribution in [0.5, 0.6) is 11.5 Å². The molecule has 0 radical (unpaired) electrons. The third-order valence-electron chi connectivity index (χ3n) is 3.34. The fraction of sp³-hybridized carbons (Fsp3) is 0.333. The van der Waals surface area contributed by atoms with Crippen molar-refractivity contribution in [2.24, 2.45) is 5.92 Å². The topological polar surface area (TPSA) is 30.5 Å². The van der Waals surface area contributed by atoms with E-state index in [2.05, 4.69) is 19.2 Å². The zero-order chi connectivity index (χ0) is 15.1. The normalized spacial score (nSPS) is 12.2. The molecule has 0 spiro atoms. The van der Waals surface area contributed by atoms with E-state index in [1.54, 1.807) is 7.11 Å². The average Bonchev–Trinajstić information content (AvgIpc) is 2.49. The van der Waals surface area contributed by atoms with E-state index < -0.39 is 0 Å². The molecule has 0 fully saturated rings. The molecule has 3 nitrogen and oxygen atoms in total. The Hall–Kier alpha value is -2.00. The Bertz CT molecular complexity index is 523. The fourth-order valence-corrected chi connectivity index (χ4v) is 2.04. The number of methoxy groups -OCH3 is 1. The molecule has 3 heteroatoms. The van der Waals surface area contributed by atoms with Crippen molar-refractivity contribution in [2.75, 3.05) is 19.0 Å². The van der Waals surface area contributed by atoms with Gasteiger partial charge in [-0.15, -0.1) is 0 Å². The van der Waals surface area contributed by atoms with Crippen LogP contribution in [0.25, 0.3) is 0 Å². The first kappa shape index (κ1) is 15.4. The van der Waals surface area contributed by atoms with Crippen molar-refractivity contribution in [3.8, 4) is 11.5 Å². The Morgan fingerprint density at radius 3 is 2.10 bits per heavy atom. The Morgan fingerprint density at radius 1 is 0.905 bits per heavy atom. The Morgan fingerprint density at radius 2 is 1.52 bits per heavy atom. The van der Waals surface area contributed by atoms with Crippen molar-refractivity contribution < 1.29 is 9.47 Å². The summed E-state index contributed by atoms with van der Waals surface area (Å²) < 4.78 is 11.0. The van der Waals surface area contributed by atoms with Gasteiger partial charge in [0.25, 0.3) is 0 Å². The Balaban J connectivity index is 1.98. The predicted molar refractivity (Wildman–Crippen MR) is 87.1 cm³/mol. The molecule has 0 saturated carbocycles. The number of hydrogen-bond donors (Lipinski definition) is 1. The molecule has 1 N–H and O–H groups in total. The first-order valence-electron chi connectivity index (χ1n) is 7.27. The lowest BCUT2D eigenvalue weighted by atomic mass is 10.1. The van der Waals surface area contributed by atoms with Crippen molar-refractivity contribution in [3.63, 3.8) is 0 Å². The summed E-state index contributed by atoms with van der Waals surface area (Å²) >= 11 is 0. The molecule has 0 aromatic heterocycles. The van der Waals surface area contributed by atoms with Crippen molar-refractivity contribution in [3.05, 3.63) is 54.6 Å². The minimum absolute atomic E-state index is 0.302. The molecule has 0 aliphatic carbocycles. The molecule has 0 amide bonds. The number of nitrogens with one attached hydrogen (secondary N) is 1. The molecule has 2 aromatic rings. The highest BCUT2D eigenvalue weighted by Gasteiger charge is 2.12. The summed E-state index contributed by atoms with van der Waals surface area (Å²) in [7, 11) is 1.73. The Labute approximate surface area is 126 Å². The van der Waals surface area contributed by atoms with Gasteiger partial charge in [-0.1, -0.05) is 32.0 Å². The molecule has 21 heavy (non-hydrogen) atoms. The summed E-state index contributed by atoms with van der Waals surface area (Å²) in [6.07, 6.45) is 0. The van der Waals surface area contributed by atoms with E-state index in [1.807, 2.05) is 54.6 Å². The van der Waals surface area contributed by atoms with E-state index in [0.717, 1.165) is 17.2 Å². The summed E-state index contributed by atoms with van der Waals surface area (Å²) in [5.74, 6) is 2.18. The maximum absolute atomic E-state index is 5.78. The van der Waals surface area contributed by atoms with Crippen LogP contribution in [0.4, 0.5) is 5.69 Å². The SMILES string of the molecule is COCC(Nc1ccc(Oc2ccccc2)cc1)C(C)C. The van der Waals surface area contributed by atoms with E-state index >= 15 is 0 Å². The average molecular weight is 285 g/mol. The van der Waals surface area contributed by atoms with Crippen molar-refractivity contribution in [1.29, 1.82) is 0 Å². The van der Waals surface area contributed by atoms with Crippen LogP contribution in [0.2, 0.25) is 0 Å². The molecule has 112 valence electrons. The number of rotatable bonds is 7. The standard InChI is InChI=1S/C18H23NO2/c1-14(2)18(13-20-3)19-15-9-11-17(12-10-15)21-16-7-5-4-6-8-16/h4-12,14,18-19H,13H2,1-3H3. The molecule has 1 unspecified atom stereocenters. The second kappa shape index (κ2) is 7.70. The molecule has 0 saturated heterocycles. The predicted octanol–water partition coefficient (Wildman–Crippen LogP) is 4.56. The number of ether oxygens (including phenoxy) is 2. The fourth-order valence-electron chi connectivity index (χ4n) is 2.04. The largest absolute Gasteiger partial charge is 0.457 e. The van der Waals surface area contributed by atoms with Crippen molar-refractivity contribution >= 4 is 5.69 Å². The minimum atomic E-state index is 0.302. The van der Waals surface area contributed by atoms with Gasteiger partial charge in [-0.2, -0.15) is 0 Å². The van der Waals surface area contributed by atoms with E-state index in [1.165, 1.54) is 0 Å². The highest BCUT2D eigenvalue weighted by Crippen LogP contribution is 2.23. The maximum Gasteiger partial charge on any atom is 0.127 e. The molecule has 0 aliphatic rings. The van der Waals surface area contributed by atoms with Crippen LogP contribution in [-0.4, -0.2) is 19.8 Å². The van der Waals surface area contributed by atoms with Crippen LogP contribution in [0.1, 0.15) is 13.8 Å². The number of hydrogen-bond acceptors (Lipinski definition) is 3. The van der Waals surface area contributed by atoms with Gasteiger partial charge in [0.1, 0.15) is 11.5 Å². The molecule has 0 heterocycles. The quantitative estimate of drug-likeness (QED) is 0.808. The lowest BCUT2D eigenvalue weighted by Crippen LogP contribution is -2.30. The van der Waals surface area contributed by atoms with Gasteiger partial charge in [-0.25, -0.2) is 0 Å². The van der Waals surface area contributed by atoms with Gasteiger partial charge in [0.2, 0.25) is 0 Å². The van der Waals surface area contributed by atoms with Crippen molar-refractivity contribution in [1.82, 2.24) is 0 Å². The molecule has 2 rings (SSSR count). The molecule has 0 aliphatic heterocycles. The Kier molecular flexibility index (Phi) is 5.64. The van der Waals surface area contributed by atoms with Gasteiger partial charge in [0.15, 0.2) is 0 Å². The van der Waals surface area contributed by atoms with E-state index in [0.29, 0.717) is 18.6 Å². The van der Waals surface area contributed by atoms with Crippen LogP contribution in [0.3, 0.4) is 0 Å². The number of anilines is 1. The third-order valence-corrected chi connectivity index (χ3v) is 3.34. The molecule has 1 atom stereocenters. The van der Waals surface area contributed by atoms with Crippen LogP contribution < -0.4 is 10.1 Å². The van der Waals surface area contributed by atoms with Gasteiger partial charge in [-0.05, 0) is 42.3 Å². The first-order chi connectivity index (χ1) is 10.2. The zero-order valence-electron chi connectivity index (χ0n) is 12.9. The summed E-state index contributed by atoms with van der Waals surface area (Å²) in [5.41, 5.74) is 1.08. The van der Waals surface area contributed by atoms with E-state index in [9.17, 15) is 0 Å². The second-order valence-corrected chi connectivity index (χ2v) is 5.39. The lowest BCUT2D eigenvalue weighted by Gasteiger charge is -2.22. The van der Waals surface area contributed by atoms with Gasteiger partial charge < -0.3 is 14.8 Å². The molecular formula is C18H23NO2. The first-order valence-corrected chi connectivity index (χ1v) is 7.27. The third kappa shape index (κ3) is 4.80. The number of para-hydroxylation sites is 1. The van der Waals surface area contributed by atoms with Gasteiger partial charge in [0, 0.05) is 12.8 Å². The summed E-state index contributed by atoms with van der Waals surface area (Å²) in [4.78, 5) is 0. The minimum Gasteiger partial charge on any atom is -0.457 e. The molecular weight excluding hydrogens is 262 g/mol. The zero-order valence-corrected chi connectivity index (χ0v) is 12.9. The highest BCUT2D eigenvalue weighted by atomic mass is 16.5. The lowest BCUT2D eigenvalue weighted by molar-refractivity contribution is 0.171. The number of benzene rings is 2. The van der Waals surface area contributed by atoms with Gasteiger partial charge >= 0.3 is 0 Å². The smallest absolute Gasteiger partial charge is 0.127 e. The monoisotopic (exact) mass is 285 g/mol. The summed E-state index contributed by atoms with van der Waals surface area (Å²) in [6, 6.07) is 18.1. The van der Waals surface area contributed by atoms with Crippen LogP contribution in [-0.2, 0) is 4.74 Å². The van der Waals surface area contributed by atoms with E-state index in [4.69, 9.17) is 9.47 Å².